The van der Waals surface area contributed by atoms with Crippen LogP contribution < -0.4 is 9.47 Å². The fourth-order valence-corrected chi connectivity index (χ4v) is 2.41. The average Bonchev–Trinajstić information content (AvgIpc) is 2.56. The first-order valence-corrected chi connectivity index (χ1v) is 7.67. The van der Waals surface area contributed by atoms with Crippen molar-refractivity contribution in [1.82, 2.24) is 4.90 Å². The van der Waals surface area contributed by atoms with E-state index in [2.05, 4.69) is 0 Å². The number of benzene rings is 2. The number of methoxy groups -OCH3 is 1. The van der Waals surface area contributed by atoms with Crippen molar-refractivity contribution >= 4 is 5.91 Å². The third-order valence-corrected chi connectivity index (χ3v) is 3.73. The third kappa shape index (κ3) is 4.03. The molecule has 0 saturated carbocycles. The van der Waals surface area contributed by atoms with Crippen molar-refractivity contribution in [3.63, 3.8) is 0 Å². The largest absolute Gasteiger partial charge is 0.493 e. The Balaban J connectivity index is 2.17. The molecule has 122 valence electrons. The van der Waals surface area contributed by atoms with Crippen molar-refractivity contribution in [2.75, 3.05) is 20.8 Å². The second-order valence-corrected chi connectivity index (χ2v) is 5.39. The molecule has 4 heteroatoms. The Morgan fingerprint density at radius 1 is 1.13 bits per heavy atom. The van der Waals surface area contributed by atoms with Gasteiger partial charge in [-0.15, -0.1) is 0 Å². The molecule has 2 rings (SSSR count). The van der Waals surface area contributed by atoms with Gasteiger partial charge < -0.3 is 14.4 Å². The molecule has 2 aromatic rings. The molecule has 0 aliphatic rings. The number of carbonyl (C=O) groups is 1. The van der Waals surface area contributed by atoms with E-state index in [1.807, 2.05) is 38.1 Å². The summed E-state index contributed by atoms with van der Waals surface area (Å²) in [7, 11) is 3.38. The summed E-state index contributed by atoms with van der Waals surface area (Å²) in [6.07, 6.45) is 0. The van der Waals surface area contributed by atoms with E-state index < -0.39 is 0 Å². The summed E-state index contributed by atoms with van der Waals surface area (Å²) < 4.78 is 10.8. The number of hydrogen-bond donors (Lipinski definition) is 0. The topological polar surface area (TPSA) is 38.8 Å². The van der Waals surface area contributed by atoms with Gasteiger partial charge in [0.1, 0.15) is 0 Å². The van der Waals surface area contributed by atoms with Crippen LogP contribution in [0.25, 0.3) is 0 Å². The van der Waals surface area contributed by atoms with Gasteiger partial charge in [-0.05, 0) is 43.2 Å². The highest BCUT2D eigenvalue weighted by atomic mass is 16.5. The van der Waals surface area contributed by atoms with Gasteiger partial charge in [-0.3, -0.25) is 4.79 Å². The molecular weight excluding hydrogens is 290 g/mol. The van der Waals surface area contributed by atoms with Gasteiger partial charge in [-0.1, -0.05) is 24.3 Å². The number of carbonyl (C=O) groups excluding carboxylic acids is 1. The summed E-state index contributed by atoms with van der Waals surface area (Å²) in [4.78, 5) is 14.3. The van der Waals surface area contributed by atoms with Crippen LogP contribution in [0.15, 0.2) is 42.5 Å². The molecule has 0 radical (unpaired) electrons. The molecule has 0 spiro atoms. The smallest absolute Gasteiger partial charge is 0.254 e. The number of amides is 1. The van der Waals surface area contributed by atoms with Crippen molar-refractivity contribution in [2.24, 2.45) is 0 Å². The Morgan fingerprint density at radius 2 is 1.87 bits per heavy atom. The predicted molar refractivity (Wildman–Crippen MR) is 91.1 cm³/mol. The van der Waals surface area contributed by atoms with E-state index in [0.29, 0.717) is 30.2 Å². The van der Waals surface area contributed by atoms with E-state index >= 15 is 0 Å². The Labute approximate surface area is 137 Å². The van der Waals surface area contributed by atoms with Crippen LogP contribution in [-0.4, -0.2) is 31.6 Å². The van der Waals surface area contributed by atoms with Crippen LogP contribution in [-0.2, 0) is 6.54 Å². The van der Waals surface area contributed by atoms with Crippen LogP contribution >= 0.6 is 0 Å². The SMILES string of the molecule is CCOc1ccc(C(=O)N(C)Cc2ccccc2C)cc1OC. The van der Waals surface area contributed by atoms with Crippen LogP contribution in [0.2, 0.25) is 0 Å². The van der Waals surface area contributed by atoms with Crippen molar-refractivity contribution in [1.29, 1.82) is 0 Å². The maximum absolute atomic E-state index is 12.6. The molecule has 0 N–H and O–H groups in total. The minimum atomic E-state index is -0.0467. The van der Waals surface area contributed by atoms with Crippen LogP contribution in [0.4, 0.5) is 0 Å². The summed E-state index contributed by atoms with van der Waals surface area (Å²) in [5.74, 6) is 1.17. The Kier molecular flexibility index (Phi) is 5.63. The maximum Gasteiger partial charge on any atom is 0.254 e. The fraction of sp³-hybridized carbons (Fsp3) is 0.316. The number of nitrogens with zero attached hydrogens (tertiary/aromatic N) is 1. The standard InChI is InChI=1S/C19H23NO3/c1-5-23-17-11-10-15(12-18(17)22-4)19(21)20(3)13-16-9-7-6-8-14(16)2/h6-12H,5,13H2,1-4H3. The number of rotatable bonds is 6. The van der Waals surface area contributed by atoms with E-state index in [-0.39, 0.29) is 5.91 Å². The molecule has 0 heterocycles. The zero-order chi connectivity index (χ0) is 16.8. The van der Waals surface area contributed by atoms with Crippen LogP contribution in [0.3, 0.4) is 0 Å². The summed E-state index contributed by atoms with van der Waals surface area (Å²) in [6, 6.07) is 13.3. The second kappa shape index (κ2) is 7.68. The number of ether oxygens (including phenoxy) is 2. The van der Waals surface area contributed by atoms with Gasteiger partial charge in [0, 0.05) is 19.2 Å². The molecule has 0 fully saturated rings. The van der Waals surface area contributed by atoms with Crippen LogP contribution in [0.5, 0.6) is 11.5 Å². The molecule has 2 aromatic carbocycles. The molecule has 0 saturated heterocycles. The quantitative estimate of drug-likeness (QED) is 0.816. The highest BCUT2D eigenvalue weighted by molar-refractivity contribution is 5.94. The summed E-state index contributed by atoms with van der Waals surface area (Å²) in [5, 5.41) is 0. The van der Waals surface area contributed by atoms with Gasteiger partial charge in [-0.2, -0.15) is 0 Å². The minimum Gasteiger partial charge on any atom is -0.493 e. The zero-order valence-electron chi connectivity index (χ0n) is 14.1. The lowest BCUT2D eigenvalue weighted by Crippen LogP contribution is -2.26. The molecule has 1 amide bonds. The van der Waals surface area contributed by atoms with E-state index in [4.69, 9.17) is 9.47 Å². The number of aryl methyl sites for hydroxylation is 1. The first kappa shape index (κ1) is 16.9. The summed E-state index contributed by atoms with van der Waals surface area (Å²) >= 11 is 0. The molecule has 0 aromatic heterocycles. The molecule has 0 bridgehead atoms. The molecule has 4 nitrogen and oxygen atoms in total. The lowest BCUT2D eigenvalue weighted by molar-refractivity contribution is 0.0784. The third-order valence-electron chi connectivity index (χ3n) is 3.73. The van der Waals surface area contributed by atoms with Gasteiger partial charge in [0.05, 0.1) is 13.7 Å². The van der Waals surface area contributed by atoms with Gasteiger partial charge in [0.2, 0.25) is 0 Å². The van der Waals surface area contributed by atoms with Gasteiger partial charge in [0.15, 0.2) is 11.5 Å². The van der Waals surface area contributed by atoms with Gasteiger partial charge in [-0.25, -0.2) is 0 Å². The molecule has 0 unspecified atom stereocenters. The lowest BCUT2D eigenvalue weighted by Gasteiger charge is -2.19. The Bertz CT molecular complexity index is 682. The Hall–Kier alpha value is -2.49. The zero-order valence-corrected chi connectivity index (χ0v) is 14.1. The van der Waals surface area contributed by atoms with Gasteiger partial charge in [0.25, 0.3) is 5.91 Å². The first-order valence-electron chi connectivity index (χ1n) is 7.67. The predicted octanol–water partition coefficient (Wildman–Crippen LogP) is 3.67. The van der Waals surface area contributed by atoms with Crippen LogP contribution in [0.1, 0.15) is 28.4 Å². The van der Waals surface area contributed by atoms with Crippen molar-refractivity contribution in [2.45, 2.75) is 20.4 Å². The molecule has 0 aliphatic heterocycles. The first-order chi connectivity index (χ1) is 11.1. The minimum absolute atomic E-state index is 0.0467. The summed E-state index contributed by atoms with van der Waals surface area (Å²) in [5.41, 5.74) is 2.90. The molecular formula is C19H23NO3. The monoisotopic (exact) mass is 313 g/mol. The van der Waals surface area contributed by atoms with Crippen molar-refractivity contribution in [3.05, 3.63) is 59.2 Å². The van der Waals surface area contributed by atoms with E-state index in [1.54, 1.807) is 37.3 Å². The molecule has 0 aliphatic carbocycles. The van der Waals surface area contributed by atoms with Crippen molar-refractivity contribution < 1.29 is 14.3 Å². The highest BCUT2D eigenvalue weighted by Crippen LogP contribution is 2.28. The fourth-order valence-electron chi connectivity index (χ4n) is 2.41. The normalized spacial score (nSPS) is 10.3. The van der Waals surface area contributed by atoms with E-state index in [1.165, 1.54) is 5.56 Å². The Morgan fingerprint density at radius 3 is 2.52 bits per heavy atom. The number of hydrogen-bond acceptors (Lipinski definition) is 3. The maximum atomic E-state index is 12.6. The summed E-state index contributed by atoms with van der Waals surface area (Å²) in [6.45, 7) is 5.08. The van der Waals surface area contributed by atoms with E-state index in [9.17, 15) is 4.79 Å². The van der Waals surface area contributed by atoms with E-state index in [0.717, 1.165) is 5.56 Å². The second-order valence-electron chi connectivity index (χ2n) is 5.39. The molecule has 0 atom stereocenters. The average molecular weight is 313 g/mol. The highest BCUT2D eigenvalue weighted by Gasteiger charge is 2.15. The van der Waals surface area contributed by atoms with Crippen molar-refractivity contribution in [3.8, 4) is 11.5 Å². The van der Waals surface area contributed by atoms with Crippen LogP contribution in [0, 0.1) is 6.92 Å². The lowest BCUT2D eigenvalue weighted by atomic mass is 10.1. The van der Waals surface area contributed by atoms with Gasteiger partial charge >= 0.3 is 0 Å². The molecule has 23 heavy (non-hydrogen) atoms.